The zero-order valence-corrected chi connectivity index (χ0v) is 11.8. The Morgan fingerprint density at radius 2 is 2.35 bits per heavy atom. The van der Waals surface area contributed by atoms with Crippen LogP contribution in [0.2, 0.25) is 0 Å². The van der Waals surface area contributed by atoms with Crippen molar-refractivity contribution in [3.8, 4) is 0 Å². The first kappa shape index (κ1) is 13.2. The van der Waals surface area contributed by atoms with Crippen LogP contribution in [0.4, 0.5) is 0 Å². The fourth-order valence-electron chi connectivity index (χ4n) is 2.36. The number of nitrogens with one attached hydrogen (secondary N) is 2. The monoisotopic (exact) mass is 288 g/mol. The van der Waals surface area contributed by atoms with Crippen LogP contribution in [0.15, 0.2) is 30.6 Å². The number of nitrogens with zero attached hydrogens (tertiary/aromatic N) is 2. The molecule has 2 heterocycles. The topological polar surface area (TPSA) is 70.7 Å². The SMILES string of the molecule is O=C(NCCc1ncn[nH]1)[C@H]1SCCc2ccccc21. The molecule has 0 unspecified atom stereocenters. The van der Waals surface area contributed by atoms with E-state index >= 15 is 0 Å². The summed E-state index contributed by atoms with van der Waals surface area (Å²) in [4.78, 5) is 16.3. The Hall–Kier alpha value is -1.82. The molecule has 0 spiro atoms. The third kappa shape index (κ3) is 2.85. The quantitative estimate of drug-likeness (QED) is 0.894. The number of benzene rings is 1. The van der Waals surface area contributed by atoms with Crippen LogP contribution in [-0.4, -0.2) is 33.4 Å². The highest BCUT2D eigenvalue weighted by molar-refractivity contribution is 8.00. The highest BCUT2D eigenvalue weighted by Gasteiger charge is 2.26. The van der Waals surface area contributed by atoms with Gasteiger partial charge >= 0.3 is 0 Å². The van der Waals surface area contributed by atoms with E-state index in [1.807, 2.05) is 12.1 Å². The molecule has 1 atom stereocenters. The number of carbonyl (C=O) groups is 1. The van der Waals surface area contributed by atoms with Gasteiger partial charge in [0.25, 0.3) is 0 Å². The second-order valence-electron chi connectivity index (χ2n) is 4.67. The van der Waals surface area contributed by atoms with Crippen LogP contribution in [0.1, 0.15) is 22.2 Å². The van der Waals surface area contributed by atoms with Crippen molar-refractivity contribution in [2.24, 2.45) is 0 Å². The molecule has 1 aromatic carbocycles. The molecule has 0 saturated carbocycles. The van der Waals surface area contributed by atoms with Gasteiger partial charge in [-0.05, 0) is 23.3 Å². The van der Waals surface area contributed by atoms with E-state index in [-0.39, 0.29) is 11.2 Å². The number of aromatic nitrogens is 3. The van der Waals surface area contributed by atoms with E-state index in [1.54, 1.807) is 11.8 Å². The highest BCUT2D eigenvalue weighted by atomic mass is 32.2. The van der Waals surface area contributed by atoms with Crippen molar-refractivity contribution in [3.63, 3.8) is 0 Å². The first-order valence-corrected chi connectivity index (χ1v) is 7.71. The van der Waals surface area contributed by atoms with Crippen molar-refractivity contribution in [1.29, 1.82) is 0 Å². The molecule has 0 radical (unpaired) electrons. The van der Waals surface area contributed by atoms with Crippen molar-refractivity contribution in [1.82, 2.24) is 20.5 Å². The van der Waals surface area contributed by atoms with Crippen molar-refractivity contribution in [2.75, 3.05) is 12.3 Å². The summed E-state index contributed by atoms with van der Waals surface area (Å²) < 4.78 is 0. The Balaban J connectivity index is 1.60. The van der Waals surface area contributed by atoms with Gasteiger partial charge in [0.1, 0.15) is 17.4 Å². The number of hydrogen-bond acceptors (Lipinski definition) is 4. The predicted molar refractivity (Wildman–Crippen MR) is 78.4 cm³/mol. The van der Waals surface area contributed by atoms with Crippen LogP contribution < -0.4 is 5.32 Å². The van der Waals surface area contributed by atoms with Crippen LogP contribution in [0.3, 0.4) is 0 Å². The molecule has 0 fully saturated rings. The van der Waals surface area contributed by atoms with Gasteiger partial charge < -0.3 is 5.32 Å². The molecule has 104 valence electrons. The van der Waals surface area contributed by atoms with Gasteiger partial charge in [0, 0.05) is 13.0 Å². The summed E-state index contributed by atoms with van der Waals surface area (Å²) in [5.74, 6) is 1.88. The number of hydrogen-bond donors (Lipinski definition) is 2. The zero-order valence-electron chi connectivity index (χ0n) is 11.0. The van der Waals surface area contributed by atoms with Crippen LogP contribution in [-0.2, 0) is 17.6 Å². The Bertz CT molecular complexity index is 585. The summed E-state index contributed by atoms with van der Waals surface area (Å²) in [6.07, 6.45) is 3.19. The van der Waals surface area contributed by atoms with Crippen molar-refractivity contribution in [3.05, 3.63) is 47.5 Å². The first-order chi connectivity index (χ1) is 9.84. The van der Waals surface area contributed by atoms with E-state index in [2.05, 4.69) is 32.6 Å². The maximum atomic E-state index is 12.3. The van der Waals surface area contributed by atoms with Gasteiger partial charge in [-0.1, -0.05) is 24.3 Å². The van der Waals surface area contributed by atoms with E-state index in [4.69, 9.17) is 0 Å². The number of fused-ring (bicyclic) bond motifs is 1. The summed E-state index contributed by atoms with van der Waals surface area (Å²) in [5, 5.41) is 9.47. The summed E-state index contributed by atoms with van der Waals surface area (Å²) in [6.45, 7) is 0.577. The van der Waals surface area contributed by atoms with Crippen LogP contribution in [0.5, 0.6) is 0 Å². The molecule has 5 nitrogen and oxygen atoms in total. The maximum absolute atomic E-state index is 12.3. The summed E-state index contributed by atoms with van der Waals surface area (Å²) in [6, 6.07) is 8.21. The minimum atomic E-state index is -0.0883. The summed E-state index contributed by atoms with van der Waals surface area (Å²) in [5.41, 5.74) is 2.45. The molecule has 0 saturated heterocycles. The third-order valence-corrected chi connectivity index (χ3v) is 4.60. The molecule has 2 N–H and O–H groups in total. The molecular formula is C14H16N4OS. The number of amides is 1. The minimum Gasteiger partial charge on any atom is -0.354 e. The average Bonchev–Trinajstić information content (AvgIpc) is 3.00. The van der Waals surface area contributed by atoms with Gasteiger partial charge in [-0.25, -0.2) is 4.98 Å². The molecule has 6 heteroatoms. The second kappa shape index (κ2) is 6.09. The highest BCUT2D eigenvalue weighted by Crippen LogP contribution is 2.36. The Labute approximate surface area is 121 Å². The number of H-pyrrole nitrogens is 1. The average molecular weight is 288 g/mol. The summed E-state index contributed by atoms with van der Waals surface area (Å²) >= 11 is 1.71. The van der Waals surface area contributed by atoms with Crippen LogP contribution in [0.25, 0.3) is 0 Å². The van der Waals surface area contributed by atoms with Gasteiger partial charge in [-0.3, -0.25) is 9.89 Å². The lowest BCUT2D eigenvalue weighted by molar-refractivity contribution is -0.120. The number of aromatic amines is 1. The van der Waals surface area contributed by atoms with Gasteiger partial charge in [0.05, 0.1) is 0 Å². The molecule has 0 bridgehead atoms. The van der Waals surface area contributed by atoms with Crippen LogP contribution in [0, 0.1) is 0 Å². The van der Waals surface area contributed by atoms with Crippen molar-refractivity contribution < 1.29 is 4.79 Å². The van der Waals surface area contributed by atoms with Crippen LogP contribution >= 0.6 is 11.8 Å². The predicted octanol–water partition coefficient (Wildman–Crippen LogP) is 1.49. The number of rotatable bonds is 4. The number of carbonyl (C=O) groups excluding carboxylic acids is 1. The molecule has 3 rings (SSSR count). The Morgan fingerprint density at radius 3 is 3.20 bits per heavy atom. The largest absolute Gasteiger partial charge is 0.354 e. The standard InChI is InChI=1S/C14H16N4OS/c19-14(15-7-5-12-16-9-17-18-12)13-11-4-2-1-3-10(11)6-8-20-13/h1-4,9,13H,5-8H2,(H,15,19)(H,16,17,18)/t13-/m0/s1. The molecule has 1 aliphatic heterocycles. The smallest absolute Gasteiger partial charge is 0.237 e. The second-order valence-corrected chi connectivity index (χ2v) is 5.89. The number of thioether (sulfide) groups is 1. The number of aryl methyl sites for hydroxylation is 1. The van der Waals surface area contributed by atoms with E-state index in [0.717, 1.165) is 23.6 Å². The molecule has 1 aliphatic rings. The Morgan fingerprint density at radius 1 is 1.45 bits per heavy atom. The van der Waals surface area contributed by atoms with E-state index in [9.17, 15) is 4.79 Å². The minimum absolute atomic E-state index is 0.0849. The van der Waals surface area contributed by atoms with E-state index in [0.29, 0.717) is 13.0 Å². The molecule has 20 heavy (non-hydrogen) atoms. The normalized spacial score (nSPS) is 17.5. The van der Waals surface area contributed by atoms with Gasteiger partial charge in [-0.2, -0.15) is 5.10 Å². The molecule has 0 aliphatic carbocycles. The molecule has 1 aromatic heterocycles. The van der Waals surface area contributed by atoms with Gasteiger partial charge in [0.15, 0.2) is 0 Å². The van der Waals surface area contributed by atoms with Crippen molar-refractivity contribution in [2.45, 2.75) is 18.1 Å². The third-order valence-electron chi connectivity index (χ3n) is 3.36. The van der Waals surface area contributed by atoms with Crippen molar-refractivity contribution >= 4 is 17.7 Å². The lowest BCUT2D eigenvalue weighted by Gasteiger charge is -2.24. The van der Waals surface area contributed by atoms with E-state index in [1.165, 1.54) is 11.9 Å². The fraction of sp³-hybridized carbons (Fsp3) is 0.357. The van der Waals surface area contributed by atoms with Gasteiger partial charge in [-0.15, -0.1) is 11.8 Å². The zero-order chi connectivity index (χ0) is 13.8. The molecule has 1 amide bonds. The summed E-state index contributed by atoms with van der Waals surface area (Å²) in [7, 11) is 0. The Kier molecular flexibility index (Phi) is 4.01. The lowest BCUT2D eigenvalue weighted by atomic mass is 10.0. The fourth-order valence-corrected chi connectivity index (χ4v) is 3.58. The van der Waals surface area contributed by atoms with Gasteiger partial charge in [0.2, 0.25) is 5.91 Å². The molecule has 2 aromatic rings. The first-order valence-electron chi connectivity index (χ1n) is 6.66. The lowest BCUT2D eigenvalue weighted by Crippen LogP contribution is -2.31. The molecular weight excluding hydrogens is 272 g/mol. The maximum Gasteiger partial charge on any atom is 0.237 e. The van der Waals surface area contributed by atoms with E-state index < -0.39 is 0 Å².